The van der Waals surface area contributed by atoms with Gasteiger partial charge in [0.2, 0.25) is 0 Å². The minimum absolute atomic E-state index is 0.448. The number of H-pyrrole nitrogens is 1. The fraction of sp³-hybridized carbons (Fsp3) is 0.308. The van der Waals surface area contributed by atoms with Crippen LogP contribution in [-0.2, 0) is 0 Å². The van der Waals surface area contributed by atoms with Crippen LogP contribution in [-0.4, -0.2) is 12.0 Å². The molecule has 0 saturated heterocycles. The lowest BCUT2D eigenvalue weighted by atomic mass is 9.97. The number of nitrogens with one attached hydrogen (secondary N) is 2. The van der Waals surface area contributed by atoms with E-state index < -0.39 is 0 Å². The maximum Gasteiger partial charge on any atom is 0.127 e. The highest BCUT2D eigenvalue weighted by Gasteiger charge is 2.11. The van der Waals surface area contributed by atoms with Crippen LogP contribution in [0.1, 0.15) is 25.3 Å². The summed E-state index contributed by atoms with van der Waals surface area (Å²) in [7, 11) is 1.92. The summed E-state index contributed by atoms with van der Waals surface area (Å²) in [5.41, 5.74) is 3.45. The van der Waals surface area contributed by atoms with E-state index in [2.05, 4.69) is 42.3 Å². The number of benzene rings is 1. The van der Waals surface area contributed by atoms with Crippen LogP contribution >= 0.6 is 12.2 Å². The van der Waals surface area contributed by atoms with Crippen molar-refractivity contribution in [2.24, 2.45) is 0 Å². The predicted octanol–water partition coefficient (Wildman–Crippen LogP) is 4.06. The van der Waals surface area contributed by atoms with Crippen molar-refractivity contribution in [2.45, 2.75) is 19.8 Å². The minimum atomic E-state index is 0.448. The van der Waals surface area contributed by atoms with Crippen molar-refractivity contribution in [3.63, 3.8) is 0 Å². The molecule has 2 aromatic rings. The molecule has 84 valence electrons. The van der Waals surface area contributed by atoms with Gasteiger partial charge in [-0.15, -0.1) is 0 Å². The maximum atomic E-state index is 5.37. The number of rotatable bonds is 2. The van der Waals surface area contributed by atoms with E-state index in [0.717, 1.165) is 15.8 Å². The summed E-state index contributed by atoms with van der Waals surface area (Å²) < 4.78 is 0.782. The Hall–Kier alpha value is -1.35. The van der Waals surface area contributed by atoms with Crippen molar-refractivity contribution >= 4 is 28.8 Å². The quantitative estimate of drug-likeness (QED) is 0.764. The second kappa shape index (κ2) is 4.26. The van der Waals surface area contributed by atoms with Gasteiger partial charge in [-0.05, 0) is 17.5 Å². The van der Waals surface area contributed by atoms with Crippen LogP contribution in [0, 0.1) is 4.64 Å². The number of hydrogen-bond donors (Lipinski definition) is 2. The van der Waals surface area contributed by atoms with E-state index in [-0.39, 0.29) is 0 Å². The molecule has 1 heterocycles. The molecule has 0 unspecified atom stereocenters. The second-order valence-electron chi connectivity index (χ2n) is 4.19. The monoisotopic (exact) mass is 232 g/mol. The van der Waals surface area contributed by atoms with E-state index in [1.165, 1.54) is 10.9 Å². The highest BCUT2D eigenvalue weighted by atomic mass is 32.1. The number of para-hydroxylation sites is 1. The lowest BCUT2D eigenvalue weighted by molar-refractivity contribution is 0.875. The number of aromatic nitrogens is 1. The minimum Gasteiger partial charge on any atom is -0.385 e. The molecule has 0 atom stereocenters. The summed E-state index contributed by atoms with van der Waals surface area (Å²) in [6.45, 7) is 4.38. The zero-order valence-electron chi connectivity index (χ0n) is 9.79. The number of pyridine rings is 1. The van der Waals surface area contributed by atoms with Gasteiger partial charge in [-0.3, -0.25) is 0 Å². The van der Waals surface area contributed by atoms with Crippen LogP contribution < -0.4 is 5.32 Å². The first-order valence-electron chi connectivity index (χ1n) is 5.47. The van der Waals surface area contributed by atoms with Crippen LogP contribution in [0.3, 0.4) is 0 Å². The Balaban J connectivity index is 2.93. The fourth-order valence-corrected chi connectivity index (χ4v) is 2.44. The Morgan fingerprint density at radius 2 is 1.94 bits per heavy atom. The third-order valence-electron chi connectivity index (χ3n) is 2.79. The van der Waals surface area contributed by atoms with E-state index >= 15 is 0 Å². The van der Waals surface area contributed by atoms with E-state index in [0.29, 0.717) is 5.92 Å². The van der Waals surface area contributed by atoms with Crippen LogP contribution in [0.15, 0.2) is 24.3 Å². The lowest BCUT2D eigenvalue weighted by Crippen LogP contribution is -2.01. The second-order valence-corrected chi connectivity index (χ2v) is 4.60. The number of hydrogen-bond acceptors (Lipinski definition) is 2. The van der Waals surface area contributed by atoms with Crippen molar-refractivity contribution in [1.29, 1.82) is 0 Å². The van der Waals surface area contributed by atoms with Crippen LogP contribution in [0.25, 0.3) is 10.9 Å². The zero-order valence-corrected chi connectivity index (χ0v) is 10.6. The van der Waals surface area contributed by atoms with Gasteiger partial charge in [0, 0.05) is 18.0 Å². The topological polar surface area (TPSA) is 27.8 Å². The SMILES string of the molecule is CNc1c(C(C)C)c2ccccc2[nH]c1=S. The summed E-state index contributed by atoms with van der Waals surface area (Å²) in [6.07, 6.45) is 0. The van der Waals surface area contributed by atoms with Crippen molar-refractivity contribution < 1.29 is 0 Å². The maximum absolute atomic E-state index is 5.37. The van der Waals surface area contributed by atoms with Gasteiger partial charge in [-0.2, -0.15) is 0 Å². The number of aromatic amines is 1. The molecule has 2 nitrogen and oxygen atoms in total. The summed E-state index contributed by atoms with van der Waals surface area (Å²) >= 11 is 5.37. The molecule has 0 spiro atoms. The normalized spacial score (nSPS) is 11.0. The van der Waals surface area contributed by atoms with Crippen molar-refractivity contribution in [2.75, 3.05) is 12.4 Å². The molecule has 0 aliphatic heterocycles. The summed E-state index contributed by atoms with van der Waals surface area (Å²) in [5, 5.41) is 4.45. The van der Waals surface area contributed by atoms with Gasteiger partial charge >= 0.3 is 0 Å². The first kappa shape index (κ1) is 11.1. The van der Waals surface area contributed by atoms with Gasteiger partial charge in [0.05, 0.1) is 5.69 Å². The third-order valence-corrected chi connectivity index (χ3v) is 3.10. The smallest absolute Gasteiger partial charge is 0.127 e. The Labute approximate surface area is 101 Å². The number of fused-ring (bicyclic) bond motifs is 1. The predicted molar refractivity (Wildman–Crippen MR) is 72.8 cm³/mol. The molecule has 16 heavy (non-hydrogen) atoms. The summed E-state index contributed by atoms with van der Waals surface area (Å²) in [4.78, 5) is 3.26. The van der Waals surface area contributed by atoms with E-state index in [1.807, 2.05) is 13.1 Å². The first-order valence-corrected chi connectivity index (χ1v) is 5.88. The Morgan fingerprint density at radius 3 is 2.56 bits per heavy atom. The van der Waals surface area contributed by atoms with Gasteiger partial charge in [0.1, 0.15) is 4.64 Å². The molecule has 0 bridgehead atoms. The number of anilines is 1. The van der Waals surface area contributed by atoms with Gasteiger partial charge in [0.25, 0.3) is 0 Å². The Kier molecular flexibility index (Phi) is 2.97. The van der Waals surface area contributed by atoms with Crippen LogP contribution in [0.2, 0.25) is 0 Å². The average molecular weight is 232 g/mol. The molecule has 1 aromatic heterocycles. The van der Waals surface area contributed by atoms with Crippen LogP contribution in [0.4, 0.5) is 5.69 Å². The molecular weight excluding hydrogens is 216 g/mol. The molecule has 0 amide bonds. The molecular formula is C13H16N2S. The highest BCUT2D eigenvalue weighted by Crippen LogP contribution is 2.31. The molecule has 0 radical (unpaired) electrons. The molecule has 0 aliphatic rings. The van der Waals surface area contributed by atoms with Crippen molar-refractivity contribution in [1.82, 2.24) is 4.98 Å². The van der Waals surface area contributed by atoms with Crippen molar-refractivity contribution in [3.8, 4) is 0 Å². The van der Waals surface area contributed by atoms with E-state index in [1.54, 1.807) is 0 Å². The van der Waals surface area contributed by atoms with E-state index in [9.17, 15) is 0 Å². The molecule has 2 rings (SSSR count). The first-order chi connectivity index (χ1) is 7.65. The van der Waals surface area contributed by atoms with Gasteiger partial charge in [-0.1, -0.05) is 44.3 Å². The zero-order chi connectivity index (χ0) is 11.7. The van der Waals surface area contributed by atoms with Gasteiger partial charge < -0.3 is 10.3 Å². The molecule has 0 fully saturated rings. The van der Waals surface area contributed by atoms with Gasteiger partial charge in [-0.25, -0.2) is 0 Å². The summed E-state index contributed by atoms with van der Waals surface area (Å²) in [5.74, 6) is 0.448. The third kappa shape index (κ3) is 1.71. The standard InChI is InChI=1S/C13H16N2S/c1-8(2)11-9-6-4-5-7-10(9)15-13(16)12(11)14-3/h4-8,14H,1-3H3,(H,15,16). The molecule has 0 aliphatic carbocycles. The van der Waals surface area contributed by atoms with Crippen molar-refractivity contribution in [3.05, 3.63) is 34.5 Å². The lowest BCUT2D eigenvalue weighted by Gasteiger charge is -2.15. The molecule has 2 N–H and O–H groups in total. The highest BCUT2D eigenvalue weighted by molar-refractivity contribution is 7.71. The average Bonchev–Trinajstić information content (AvgIpc) is 2.26. The Morgan fingerprint density at radius 1 is 1.25 bits per heavy atom. The summed E-state index contributed by atoms with van der Waals surface area (Å²) in [6, 6.07) is 8.29. The van der Waals surface area contributed by atoms with Crippen LogP contribution in [0.5, 0.6) is 0 Å². The largest absolute Gasteiger partial charge is 0.385 e. The Bertz CT molecular complexity index is 570. The molecule has 1 aromatic carbocycles. The van der Waals surface area contributed by atoms with Gasteiger partial charge in [0.15, 0.2) is 0 Å². The fourth-order valence-electron chi connectivity index (χ4n) is 2.12. The molecule has 0 saturated carbocycles. The van der Waals surface area contributed by atoms with E-state index in [4.69, 9.17) is 12.2 Å². The molecule has 3 heteroatoms.